The van der Waals surface area contributed by atoms with Crippen molar-refractivity contribution in [3.63, 3.8) is 0 Å². The van der Waals surface area contributed by atoms with Crippen LogP contribution in [0.1, 0.15) is 6.23 Å². The van der Waals surface area contributed by atoms with Crippen LogP contribution in [0.2, 0.25) is 0 Å². The Hall–Kier alpha value is -2.04. The molecule has 8 nitrogen and oxygen atoms in total. The predicted molar refractivity (Wildman–Crippen MR) is 90.7 cm³/mol. The standard InChI is InChI=1S/C16H17N3O5S/c1-22-13-12(21)11(7-20)24-15(13)19-6-10-14(18-16(19)25)17-8-4-2-3-5-9(8)23-10/h2-6,11-13,15,20-21H,7H2,1H3,(H,17,18,25)/t11-,12?,13?,15-/m1/s1. The van der Waals surface area contributed by atoms with E-state index in [1.807, 2.05) is 24.3 Å². The predicted octanol–water partition coefficient (Wildman–Crippen LogP) is 1.73. The minimum atomic E-state index is -0.974. The van der Waals surface area contributed by atoms with E-state index in [2.05, 4.69) is 10.3 Å². The van der Waals surface area contributed by atoms with Crippen molar-refractivity contribution in [3.05, 3.63) is 35.2 Å². The van der Waals surface area contributed by atoms with E-state index in [4.69, 9.17) is 26.4 Å². The molecule has 0 saturated carbocycles. The van der Waals surface area contributed by atoms with Crippen LogP contribution in [-0.4, -0.2) is 51.8 Å². The molecule has 1 saturated heterocycles. The number of fused-ring (bicyclic) bond motifs is 2. The average Bonchev–Trinajstić information content (AvgIpc) is 2.95. The highest BCUT2D eigenvalue weighted by Gasteiger charge is 2.45. The molecule has 0 aliphatic carbocycles. The van der Waals surface area contributed by atoms with Crippen molar-refractivity contribution < 1.29 is 24.4 Å². The Morgan fingerprint density at radius 2 is 2.16 bits per heavy atom. The van der Waals surface area contributed by atoms with Gasteiger partial charge in [0, 0.05) is 7.11 Å². The summed E-state index contributed by atoms with van der Waals surface area (Å²) in [5, 5.41) is 22.8. The van der Waals surface area contributed by atoms with Crippen LogP contribution in [0.15, 0.2) is 30.5 Å². The highest BCUT2D eigenvalue weighted by Crippen LogP contribution is 2.41. The second-order valence-corrected chi connectivity index (χ2v) is 6.17. The minimum Gasteiger partial charge on any atom is -0.450 e. The summed E-state index contributed by atoms with van der Waals surface area (Å²) in [6, 6.07) is 7.49. The fourth-order valence-electron chi connectivity index (χ4n) is 3.05. The van der Waals surface area contributed by atoms with E-state index < -0.39 is 24.5 Å². The van der Waals surface area contributed by atoms with Crippen molar-refractivity contribution in [1.29, 1.82) is 0 Å². The van der Waals surface area contributed by atoms with Gasteiger partial charge in [-0.05, 0) is 24.4 Å². The molecule has 2 aliphatic heterocycles. The molecule has 0 spiro atoms. The molecule has 0 radical (unpaired) electrons. The third-order valence-electron chi connectivity index (χ3n) is 4.32. The van der Waals surface area contributed by atoms with Crippen molar-refractivity contribution in [2.24, 2.45) is 0 Å². The molecule has 4 atom stereocenters. The minimum absolute atomic E-state index is 0.243. The lowest BCUT2D eigenvalue weighted by Crippen LogP contribution is -2.34. The Bertz CT molecular complexity index is 858. The van der Waals surface area contributed by atoms with Gasteiger partial charge in [0.15, 0.2) is 23.5 Å². The molecular weight excluding hydrogens is 346 g/mol. The number of benzene rings is 1. The van der Waals surface area contributed by atoms with Crippen molar-refractivity contribution >= 4 is 23.7 Å². The van der Waals surface area contributed by atoms with E-state index in [0.29, 0.717) is 17.3 Å². The molecule has 25 heavy (non-hydrogen) atoms. The maximum Gasteiger partial charge on any atom is 0.203 e. The molecule has 1 fully saturated rings. The van der Waals surface area contributed by atoms with Gasteiger partial charge in [0.05, 0.1) is 18.5 Å². The Labute approximate surface area is 148 Å². The third-order valence-corrected chi connectivity index (χ3v) is 4.62. The number of para-hydroxylation sites is 2. The van der Waals surface area contributed by atoms with Crippen LogP contribution < -0.4 is 10.1 Å². The number of aliphatic hydroxyl groups excluding tert-OH is 2. The molecule has 0 amide bonds. The summed E-state index contributed by atoms with van der Waals surface area (Å²) in [5.41, 5.74) is 0.803. The van der Waals surface area contributed by atoms with E-state index >= 15 is 0 Å². The quantitative estimate of drug-likeness (QED) is 0.605. The topological polar surface area (TPSA) is 98.0 Å². The maximum absolute atomic E-state index is 10.2. The first kappa shape index (κ1) is 16.4. The summed E-state index contributed by atoms with van der Waals surface area (Å²) in [4.78, 5) is 4.36. The number of hydrogen-bond acceptors (Lipinski definition) is 8. The van der Waals surface area contributed by atoms with Gasteiger partial charge < -0.3 is 29.7 Å². The van der Waals surface area contributed by atoms with E-state index in [9.17, 15) is 10.2 Å². The fraction of sp³-hybridized carbons (Fsp3) is 0.375. The first-order valence-electron chi connectivity index (χ1n) is 7.76. The molecule has 132 valence electrons. The summed E-state index contributed by atoms with van der Waals surface area (Å²) in [6.07, 6.45) is -1.47. The van der Waals surface area contributed by atoms with E-state index in [1.165, 1.54) is 7.11 Å². The molecule has 1 aromatic heterocycles. The van der Waals surface area contributed by atoms with Crippen molar-refractivity contribution in [2.45, 2.75) is 24.5 Å². The van der Waals surface area contributed by atoms with Crippen molar-refractivity contribution in [3.8, 4) is 11.5 Å². The van der Waals surface area contributed by atoms with Gasteiger partial charge >= 0.3 is 0 Å². The zero-order valence-corrected chi connectivity index (χ0v) is 14.1. The molecule has 2 aromatic rings. The molecule has 4 rings (SSSR count). The molecule has 3 heterocycles. The SMILES string of the molecule is COC1C(O)[C@@H](CO)O[C@H]1n1cc2c(nc1=S)Nc1ccccc1O2. The maximum atomic E-state index is 10.2. The molecule has 2 unspecified atom stereocenters. The van der Waals surface area contributed by atoms with Crippen molar-refractivity contribution in [1.82, 2.24) is 9.55 Å². The Kier molecular flexibility index (Phi) is 4.18. The van der Waals surface area contributed by atoms with Gasteiger partial charge in [0.25, 0.3) is 0 Å². The first-order chi connectivity index (χ1) is 12.1. The summed E-state index contributed by atoms with van der Waals surface area (Å²) in [6.45, 7) is -0.325. The second-order valence-electron chi connectivity index (χ2n) is 5.81. The molecule has 3 N–H and O–H groups in total. The monoisotopic (exact) mass is 363 g/mol. The highest BCUT2D eigenvalue weighted by atomic mass is 32.1. The number of rotatable bonds is 3. The van der Waals surface area contributed by atoms with Crippen LogP contribution in [0.25, 0.3) is 0 Å². The molecule has 0 bridgehead atoms. The third kappa shape index (κ3) is 2.70. The van der Waals surface area contributed by atoms with E-state index in [0.717, 1.165) is 5.69 Å². The second kappa shape index (κ2) is 6.36. The lowest BCUT2D eigenvalue weighted by molar-refractivity contribution is -0.0617. The normalized spacial score (nSPS) is 27.2. The average molecular weight is 363 g/mol. The van der Waals surface area contributed by atoms with Gasteiger partial charge in [-0.3, -0.25) is 4.57 Å². The number of aromatic nitrogens is 2. The van der Waals surface area contributed by atoms with E-state index in [1.54, 1.807) is 10.8 Å². The van der Waals surface area contributed by atoms with Crippen LogP contribution in [0, 0.1) is 4.77 Å². The lowest BCUT2D eigenvalue weighted by atomic mass is 10.1. The number of aliphatic hydroxyl groups is 2. The van der Waals surface area contributed by atoms with Gasteiger partial charge in [-0.15, -0.1) is 0 Å². The summed E-state index contributed by atoms with van der Waals surface area (Å²) < 4.78 is 18.7. The molecule has 1 aromatic carbocycles. The summed E-state index contributed by atoms with van der Waals surface area (Å²) in [5.74, 6) is 1.66. The molecular formula is C16H17N3O5S. The van der Waals surface area contributed by atoms with Gasteiger partial charge in [-0.2, -0.15) is 4.98 Å². The van der Waals surface area contributed by atoms with Gasteiger partial charge in [-0.1, -0.05) is 12.1 Å². The first-order valence-corrected chi connectivity index (χ1v) is 8.17. The lowest BCUT2D eigenvalue weighted by Gasteiger charge is -2.25. The Morgan fingerprint density at radius 1 is 1.36 bits per heavy atom. The van der Waals surface area contributed by atoms with Crippen LogP contribution >= 0.6 is 12.2 Å². The highest BCUT2D eigenvalue weighted by molar-refractivity contribution is 7.71. The number of ether oxygens (including phenoxy) is 3. The number of hydrogen-bond donors (Lipinski definition) is 3. The molecule has 9 heteroatoms. The van der Waals surface area contributed by atoms with Crippen LogP contribution in [0.5, 0.6) is 11.5 Å². The van der Waals surface area contributed by atoms with Crippen LogP contribution in [0.3, 0.4) is 0 Å². The fourth-order valence-corrected chi connectivity index (χ4v) is 3.30. The zero-order valence-electron chi connectivity index (χ0n) is 13.3. The smallest absolute Gasteiger partial charge is 0.203 e. The number of methoxy groups -OCH3 is 1. The Balaban J connectivity index is 1.72. The largest absolute Gasteiger partial charge is 0.450 e. The summed E-state index contributed by atoms with van der Waals surface area (Å²) in [7, 11) is 1.47. The molecule has 2 aliphatic rings. The van der Waals surface area contributed by atoms with Crippen molar-refractivity contribution in [2.75, 3.05) is 19.0 Å². The van der Waals surface area contributed by atoms with Gasteiger partial charge in [0.2, 0.25) is 4.77 Å². The van der Waals surface area contributed by atoms with E-state index in [-0.39, 0.29) is 11.4 Å². The zero-order chi connectivity index (χ0) is 17.6. The van der Waals surface area contributed by atoms with Gasteiger partial charge in [-0.25, -0.2) is 0 Å². The number of anilines is 2. The number of nitrogens with one attached hydrogen (secondary N) is 1. The summed E-state index contributed by atoms with van der Waals surface area (Å²) >= 11 is 5.36. The number of nitrogens with zero attached hydrogens (tertiary/aromatic N) is 2. The van der Waals surface area contributed by atoms with Gasteiger partial charge in [0.1, 0.15) is 18.3 Å². The Morgan fingerprint density at radius 3 is 2.92 bits per heavy atom. The van der Waals surface area contributed by atoms with Crippen LogP contribution in [0.4, 0.5) is 11.5 Å². The van der Waals surface area contributed by atoms with Crippen LogP contribution in [-0.2, 0) is 9.47 Å².